The normalized spacial score (nSPS) is 13.6. The zero-order valence-electron chi connectivity index (χ0n) is 15.7. The molecule has 1 saturated heterocycles. The highest BCUT2D eigenvalue weighted by Crippen LogP contribution is 2.22. The van der Waals surface area contributed by atoms with E-state index < -0.39 is 11.8 Å². The highest BCUT2D eigenvalue weighted by molar-refractivity contribution is 7.80. The molecule has 8 nitrogen and oxygen atoms in total. The van der Waals surface area contributed by atoms with Crippen molar-refractivity contribution >= 4 is 35.2 Å². The SMILES string of the molecule is O=C1NC(=S)NC(=O)C1=Cc1ccccc1OCc1cn(Cc2ccccc2)nn1. The predicted molar refractivity (Wildman–Crippen MR) is 113 cm³/mol. The molecule has 150 valence electrons. The van der Waals surface area contributed by atoms with E-state index in [0.717, 1.165) is 5.56 Å². The number of para-hydroxylation sites is 1. The van der Waals surface area contributed by atoms with Gasteiger partial charge in [0.05, 0.1) is 12.7 Å². The van der Waals surface area contributed by atoms with E-state index in [1.807, 2.05) is 36.5 Å². The first kappa shape index (κ1) is 19.5. The van der Waals surface area contributed by atoms with Crippen LogP contribution < -0.4 is 15.4 Å². The van der Waals surface area contributed by atoms with Crippen LogP contribution in [0.1, 0.15) is 16.8 Å². The summed E-state index contributed by atoms with van der Waals surface area (Å²) in [5.41, 5.74) is 2.32. The molecule has 9 heteroatoms. The molecule has 2 N–H and O–H groups in total. The fourth-order valence-corrected chi connectivity index (χ4v) is 3.08. The van der Waals surface area contributed by atoms with Gasteiger partial charge in [0, 0.05) is 5.56 Å². The van der Waals surface area contributed by atoms with Gasteiger partial charge in [0.15, 0.2) is 5.11 Å². The third kappa shape index (κ3) is 4.58. The van der Waals surface area contributed by atoms with Crippen LogP contribution >= 0.6 is 12.2 Å². The van der Waals surface area contributed by atoms with Gasteiger partial charge in [-0.3, -0.25) is 20.2 Å². The lowest BCUT2D eigenvalue weighted by atomic mass is 10.1. The van der Waals surface area contributed by atoms with Gasteiger partial charge in [0.2, 0.25) is 0 Å². The maximum Gasteiger partial charge on any atom is 0.263 e. The summed E-state index contributed by atoms with van der Waals surface area (Å²) in [6.07, 6.45) is 3.28. The van der Waals surface area contributed by atoms with Gasteiger partial charge in [0.25, 0.3) is 11.8 Å². The Hall–Kier alpha value is -3.85. The molecule has 1 aliphatic heterocycles. The molecule has 1 aliphatic rings. The Labute approximate surface area is 177 Å². The van der Waals surface area contributed by atoms with Crippen LogP contribution in [-0.2, 0) is 22.7 Å². The van der Waals surface area contributed by atoms with E-state index in [1.165, 1.54) is 6.08 Å². The summed E-state index contributed by atoms with van der Waals surface area (Å²) in [4.78, 5) is 24.1. The number of hydrogen-bond acceptors (Lipinski definition) is 6. The van der Waals surface area contributed by atoms with Crippen LogP contribution in [0.25, 0.3) is 6.08 Å². The second kappa shape index (κ2) is 8.66. The Balaban J connectivity index is 1.46. The third-order valence-corrected chi connectivity index (χ3v) is 4.52. The molecule has 0 radical (unpaired) electrons. The van der Waals surface area contributed by atoms with Gasteiger partial charge >= 0.3 is 0 Å². The van der Waals surface area contributed by atoms with Crippen molar-refractivity contribution in [1.82, 2.24) is 25.6 Å². The number of rotatable bonds is 6. The van der Waals surface area contributed by atoms with E-state index in [-0.39, 0.29) is 17.3 Å². The Bertz CT molecular complexity index is 1120. The Morgan fingerprint density at radius 2 is 1.70 bits per heavy atom. The van der Waals surface area contributed by atoms with Crippen molar-refractivity contribution in [3.8, 4) is 5.75 Å². The Morgan fingerprint density at radius 3 is 2.47 bits per heavy atom. The van der Waals surface area contributed by atoms with Crippen molar-refractivity contribution < 1.29 is 14.3 Å². The number of benzene rings is 2. The van der Waals surface area contributed by atoms with Gasteiger partial charge in [-0.05, 0) is 29.9 Å². The van der Waals surface area contributed by atoms with E-state index in [9.17, 15) is 9.59 Å². The van der Waals surface area contributed by atoms with Crippen LogP contribution in [0, 0.1) is 0 Å². The molecule has 2 heterocycles. The summed E-state index contributed by atoms with van der Waals surface area (Å²) < 4.78 is 7.61. The fraction of sp³-hybridized carbons (Fsp3) is 0.0952. The van der Waals surface area contributed by atoms with Crippen LogP contribution in [-0.4, -0.2) is 31.9 Å². The van der Waals surface area contributed by atoms with Crippen molar-refractivity contribution in [2.75, 3.05) is 0 Å². The van der Waals surface area contributed by atoms with Crippen molar-refractivity contribution in [1.29, 1.82) is 0 Å². The summed E-state index contributed by atoms with van der Waals surface area (Å²) >= 11 is 4.81. The maximum absolute atomic E-state index is 12.1. The van der Waals surface area contributed by atoms with Crippen LogP contribution in [0.15, 0.2) is 66.4 Å². The summed E-state index contributed by atoms with van der Waals surface area (Å²) in [5.74, 6) is -0.596. The van der Waals surface area contributed by atoms with Gasteiger partial charge in [-0.25, -0.2) is 4.68 Å². The highest BCUT2D eigenvalue weighted by Gasteiger charge is 2.26. The van der Waals surface area contributed by atoms with Crippen molar-refractivity contribution in [3.63, 3.8) is 0 Å². The molecule has 1 fully saturated rings. The first-order valence-corrected chi connectivity index (χ1v) is 9.52. The van der Waals surface area contributed by atoms with Gasteiger partial charge in [-0.15, -0.1) is 5.10 Å². The molecule has 3 aromatic rings. The minimum absolute atomic E-state index is 0.00901. The van der Waals surface area contributed by atoms with Crippen molar-refractivity contribution in [2.45, 2.75) is 13.2 Å². The Morgan fingerprint density at radius 1 is 1.00 bits per heavy atom. The summed E-state index contributed by atoms with van der Waals surface area (Å²) in [7, 11) is 0. The number of hydrogen-bond donors (Lipinski definition) is 2. The van der Waals surface area contributed by atoms with E-state index in [1.54, 1.807) is 28.9 Å². The Kier molecular flexibility index (Phi) is 5.62. The molecule has 2 aromatic carbocycles. The largest absolute Gasteiger partial charge is 0.487 e. The van der Waals surface area contributed by atoms with Gasteiger partial charge in [0.1, 0.15) is 23.6 Å². The van der Waals surface area contributed by atoms with Crippen molar-refractivity contribution in [2.24, 2.45) is 0 Å². The lowest BCUT2D eigenvalue weighted by Crippen LogP contribution is -2.51. The number of amides is 2. The van der Waals surface area contributed by atoms with Gasteiger partial charge < -0.3 is 4.74 Å². The molecule has 0 aliphatic carbocycles. The molecule has 0 atom stereocenters. The lowest BCUT2D eigenvalue weighted by Gasteiger charge is -2.16. The van der Waals surface area contributed by atoms with E-state index in [4.69, 9.17) is 17.0 Å². The average Bonchev–Trinajstić information content (AvgIpc) is 3.18. The predicted octanol–water partition coefficient (Wildman–Crippen LogP) is 1.82. The molecule has 0 unspecified atom stereocenters. The lowest BCUT2D eigenvalue weighted by molar-refractivity contribution is -0.123. The number of ether oxygens (including phenoxy) is 1. The topological polar surface area (TPSA) is 98.1 Å². The van der Waals surface area contributed by atoms with E-state index in [2.05, 4.69) is 20.9 Å². The zero-order valence-corrected chi connectivity index (χ0v) is 16.6. The minimum atomic E-state index is -0.553. The molecular weight excluding hydrogens is 402 g/mol. The minimum Gasteiger partial charge on any atom is -0.487 e. The molecule has 30 heavy (non-hydrogen) atoms. The standard InChI is InChI=1S/C21H17N5O3S/c27-19-17(20(28)23-21(30)22-19)10-15-8-4-5-9-18(15)29-13-16-12-26(25-24-16)11-14-6-2-1-3-7-14/h1-10,12H,11,13H2,(H2,22,23,27,28,30). The molecular formula is C21H17N5O3S. The molecule has 1 aromatic heterocycles. The first-order valence-electron chi connectivity index (χ1n) is 9.11. The number of nitrogens with one attached hydrogen (secondary N) is 2. The fourth-order valence-electron chi connectivity index (χ4n) is 2.90. The van der Waals surface area contributed by atoms with Crippen LogP contribution in [0.4, 0.5) is 0 Å². The van der Waals surface area contributed by atoms with E-state index >= 15 is 0 Å². The van der Waals surface area contributed by atoms with E-state index in [0.29, 0.717) is 23.6 Å². The molecule has 2 amide bonds. The maximum atomic E-state index is 12.1. The highest BCUT2D eigenvalue weighted by atomic mass is 32.1. The smallest absolute Gasteiger partial charge is 0.263 e. The van der Waals surface area contributed by atoms with Crippen LogP contribution in [0.2, 0.25) is 0 Å². The van der Waals surface area contributed by atoms with Crippen LogP contribution in [0.3, 0.4) is 0 Å². The monoisotopic (exact) mass is 419 g/mol. The number of nitrogens with zero attached hydrogens (tertiary/aromatic N) is 3. The third-order valence-electron chi connectivity index (χ3n) is 4.31. The molecule has 0 bridgehead atoms. The number of thiocarbonyl (C=S) groups is 1. The summed E-state index contributed by atoms with van der Waals surface area (Å²) in [6, 6.07) is 17.1. The van der Waals surface area contributed by atoms with Gasteiger partial charge in [-0.1, -0.05) is 53.7 Å². The van der Waals surface area contributed by atoms with Gasteiger partial charge in [-0.2, -0.15) is 0 Å². The quantitative estimate of drug-likeness (QED) is 0.359. The second-order valence-electron chi connectivity index (χ2n) is 6.51. The van der Waals surface area contributed by atoms with Crippen molar-refractivity contribution in [3.05, 3.63) is 83.2 Å². The number of carbonyl (C=O) groups is 2. The number of aromatic nitrogens is 3. The first-order chi connectivity index (χ1) is 14.6. The number of carbonyl (C=O) groups excluding carboxylic acids is 2. The second-order valence-corrected chi connectivity index (χ2v) is 6.92. The molecule has 4 rings (SSSR count). The summed E-state index contributed by atoms with van der Waals surface area (Å²) in [6.45, 7) is 0.806. The average molecular weight is 419 g/mol. The van der Waals surface area contributed by atoms with Crippen LogP contribution in [0.5, 0.6) is 5.75 Å². The molecule has 0 saturated carbocycles. The summed E-state index contributed by atoms with van der Waals surface area (Å²) in [5, 5.41) is 13.1. The zero-order chi connectivity index (χ0) is 20.9. The molecule has 0 spiro atoms.